The van der Waals surface area contributed by atoms with Gasteiger partial charge in [-0.3, -0.25) is 10.1 Å². The number of rotatable bonds is 6. The Labute approximate surface area is 148 Å². The zero-order valence-corrected chi connectivity index (χ0v) is 14.1. The van der Waals surface area contributed by atoms with Crippen molar-refractivity contribution < 1.29 is 23.5 Å². The molecule has 3 rings (SSSR count). The number of methoxy groups -OCH3 is 2. The fraction of sp³-hybridized carbons (Fsp3) is 0.167. The topological polar surface area (TPSA) is 83.7 Å². The first-order valence-corrected chi connectivity index (χ1v) is 7.60. The SMILES string of the molecule is COc1cc(F)c([N+](=O)[O-])cc1OCc1cccc2ccnc(OC)c12. The van der Waals surface area contributed by atoms with Gasteiger partial charge in [-0.2, -0.15) is 4.39 Å². The van der Waals surface area contributed by atoms with Crippen LogP contribution in [-0.2, 0) is 6.61 Å². The third-order valence-electron chi connectivity index (χ3n) is 3.85. The summed E-state index contributed by atoms with van der Waals surface area (Å²) in [7, 11) is 2.85. The van der Waals surface area contributed by atoms with Gasteiger partial charge in [-0.25, -0.2) is 4.98 Å². The summed E-state index contributed by atoms with van der Waals surface area (Å²) in [5.74, 6) is -0.409. The van der Waals surface area contributed by atoms with E-state index < -0.39 is 16.4 Å². The Morgan fingerprint density at radius 2 is 1.96 bits per heavy atom. The van der Waals surface area contributed by atoms with Crippen LogP contribution >= 0.6 is 0 Å². The Morgan fingerprint density at radius 3 is 2.65 bits per heavy atom. The largest absolute Gasteiger partial charge is 0.493 e. The molecule has 0 bridgehead atoms. The number of hydrogen-bond donors (Lipinski definition) is 0. The van der Waals surface area contributed by atoms with Crippen molar-refractivity contribution in [2.45, 2.75) is 6.61 Å². The van der Waals surface area contributed by atoms with Gasteiger partial charge in [0.05, 0.1) is 30.6 Å². The Bertz CT molecular complexity index is 972. The Hall–Kier alpha value is -3.42. The molecule has 1 aromatic heterocycles. The normalized spacial score (nSPS) is 10.6. The van der Waals surface area contributed by atoms with Gasteiger partial charge in [0, 0.05) is 17.8 Å². The van der Waals surface area contributed by atoms with E-state index in [2.05, 4.69) is 4.98 Å². The summed E-state index contributed by atoms with van der Waals surface area (Å²) in [4.78, 5) is 14.3. The second-order valence-electron chi connectivity index (χ2n) is 5.34. The molecule has 0 atom stereocenters. The first-order valence-electron chi connectivity index (χ1n) is 7.60. The average molecular weight is 358 g/mol. The summed E-state index contributed by atoms with van der Waals surface area (Å²) >= 11 is 0. The number of pyridine rings is 1. The van der Waals surface area contributed by atoms with Crippen LogP contribution in [0, 0.1) is 15.9 Å². The van der Waals surface area contributed by atoms with Crippen molar-refractivity contribution in [3.05, 3.63) is 64.1 Å². The second kappa shape index (κ2) is 7.22. The molecular weight excluding hydrogens is 343 g/mol. The predicted octanol–water partition coefficient (Wildman–Crippen LogP) is 3.88. The molecule has 0 saturated heterocycles. The van der Waals surface area contributed by atoms with Gasteiger partial charge in [0.2, 0.25) is 11.7 Å². The number of ether oxygens (including phenoxy) is 3. The number of halogens is 1. The van der Waals surface area contributed by atoms with Crippen LogP contribution < -0.4 is 14.2 Å². The van der Waals surface area contributed by atoms with Crippen molar-refractivity contribution in [2.24, 2.45) is 0 Å². The van der Waals surface area contributed by atoms with Crippen LogP contribution in [0.4, 0.5) is 10.1 Å². The predicted molar refractivity (Wildman–Crippen MR) is 92.2 cm³/mol. The van der Waals surface area contributed by atoms with E-state index in [-0.39, 0.29) is 18.1 Å². The van der Waals surface area contributed by atoms with Crippen molar-refractivity contribution >= 4 is 16.5 Å². The molecule has 0 amide bonds. The molecule has 2 aromatic carbocycles. The standard InChI is InChI=1S/C18H15FN2O5/c1-24-15-8-13(19)14(21(22)23)9-16(15)26-10-12-5-3-4-11-6-7-20-18(25-2)17(11)12/h3-9H,10H2,1-2H3. The summed E-state index contributed by atoms with van der Waals surface area (Å²) < 4.78 is 29.8. The highest BCUT2D eigenvalue weighted by Gasteiger charge is 2.20. The van der Waals surface area contributed by atoms with Crippen LogP contribution in [0.5, 0.6) is 17.4 Å². The summed E-state index contributed by atoms with van der Waals surface area (Å²) in [6, 6.07) is 9.37. The minimum atomic E-state index is -0.991. The molecule has 0 N–H and O–H groups in total. The fourth-order valence-electron chi connectivity index (χ4n) is 2.64. The monoisotopic (exact) mass is 358 g/mol. The van der Waals surface area contributed by atoms with Gasteiger partial charge in [0.25, 0.3) is 0 Å². The van der Waals surface area contributed by atoms with Gasteiger partial charge < -0.3 is 14.2 Å². The van der Waals surface area contributed by atoms with E-state index in [9.17, 15) is 14.5 Å². The van der Waals surface area contributed by atoms with Crippen LogP contribution in [0.3, 0.4) is 0 Å². The molecule has 0 radical (unpaired) electrons. The summed E-state index contributed by atoms with van der Waals surface area (Å²) in [5.41, 5.74) is 0.0828. The van der Waals surface area contributed by atoms with Gasteiger partial charge in [-0.05, 0) is 11.5 Å². The fourth-order valence-corrected chi connectivity index (χ4v) is 2.64. The zero-order chi connectivity index (χ0) is 18.7. The minimum absolute atomic E-state index is 0.0680. The number of fused-ring (bicyclic) bond motifs is 1. The molecule has 0 aliphatic carbocycles. The molecule has 0 unspecified atom stereocenters. The zero-order valence-electron chi connectivity index (χ0n) is 14.1. The van der Waals surface area contributed by atoms with E-state index in [1.54, 1.807) is 6.20 Å². The van der Waals surface area contributed by atoms with Gasteiger partial charge in [-0.15, -0.1) is 0 Å². The quantitative estimate of drug-likeness (QED) is 0.491. The van der Waals surface area contributed by atoms with Crippen molar-refractivity contribution in [1.29, 1.82) is 0 Å². The highest BCUT2D eigenvalue weighted by atomic mass is 19.1. The summed E-state index contributed by atoms with van der Waals surface area (Å²) in [5, 5.41) is 12.6. The lowest BCUT2D eigenvalue weighted by Gasteiger charge is -2.13. The third-order valence-corrected chi connectivity index (χ3v) is 3.85. The lowest BCUT2D eigenvalue weighted by molar-refractivity contribution is -0.387. The molecule has 0 fully saturated rings. The smallest absolute Gasteiger partial charge is 0.308 e. The molecule has 3 aromatic rings. The maximum atomic E-state index is 13.7. The third kappa shape index (κ3) is 3.21. The number of hydrogen-bond acceptors (Lipinski definition) is 6. The summed E-state index contributed by atoms with van der Waals surface area (Å²) in [6.07, 6.45) is 1.64. The molecular formula is C18H15FN2O5. The van der Waals surface area contributed by atoms with E-state index >= 15 is 0 Å². The summed E-state index contributed by atoms with van der Waals surface area (Å²) in [6.45, 7) is 0.0680. The van der Waals surface area contributed by atoms with Gasteiger partial charge in [0.15, 0.2) is 11.5 Å². The molecule has 134 valence electrons. The van der Waals surface area contributed by atoms with Gasteiger partial charge in [0.1, 0.15) is 6.61 Å². The van der Waals surface area contributed by atoms with E-state index in [0.29, 0.717) is 5.88 Å². The second-order valence-corrected chi connectivity index (χ2v) is 5.34. The van der Waals surface area contributed by atoms with Gasteiger partial charge >= 0.3 is 5.69 Å². The Kier molecular flexibility index (Phi) is 4.83. The van der Waals surface area contributed by atoms with Crippen molar-refractivity contribution in [2.75, 3.05) is 14.2 Å². The maximum absolute atomic E-state index is 13.7. The van der Waals surface area contributed by atoms with Crippen LogP contribution in [0.2, 0.25) is 0 Å². The van der Waals surface area contributed by atoms with Crippen LogP contribution in [0.15, 0.2) is 42.6 Å². The van der Waals surface area contributed by atoms with Crippen molar-refractivity contribution in [3.8, 4) is 17.4 Å². The lowest BCUT2D eigenvalue weighted by atomic mass is 10.1. The van der Waals surface area contributed by atoms with Gasteiger partial charge in [-0.1, -0.05) is 18.2 Å². The molecule has 26 heavy (non-hydrogen) atoms. The lowest BCUT2D eigenvalue weighted by Crippen LogP contribution is -2.02. The van der Waals surface area contributed by atoms with E-state index in [1.165, 1.54) is 14.2 Å². The van der Waals surface area contributed by atoms with Crippen LogP contribution in [0.25, 0.3) is 10.8 Å². The minimum Gasteiger partial charge on any atom is -0.493 e. The Balaban J connectivity index is 1.98. The van der Waals surface area contributed by atoms with Crippen LogP contribution in [-0.4, -0.2) is 24.1 Å². The number of aromatic nitrogens is 1. The first kappa shape index (κ1) is 17.4. The van der Waals surface area contributed by atoms with E-state index in [0.717, 1.165) is 28.5 Å². The number of nitro groups is 1. The maximum Gasteiger partial charge on any atom is 0.308 e. The molecule has 8 heteroatoms. The highest BCUT2D eigenvalue weighted by Crippen LogP contribution is 2.35. The highest BCUT2D eigenvalue weighted by molar-refractivity contribution is 5.89. The molecule has 0 saturated carbocycles. The first-order chi connectivity index (χ1) is 12.5. The number of benzene rings is 2. The molecule has 0 aliphatic rings. The number of nitro benzene ring substituents is 1. The average Bonchev–Trinajstić information content (AvgIpc) is 2.65. The molecule has 0 aliphatic heterocycles. The van der Waals surface area contributed by atoms with Crippen LogP contribution in [0.1, 0.15) is 5.56 Å². The molecule has 7 nitrogen and oxygen atoms in total. The molecule has 0 spiro atoms. The van der Waals surface area contributed by atoms with Crippen molar-refractivity contribution in [1.82, 2.24) is 4.98 Å². The van der Waals surface area contributed by atoms with Crippen molar-refractivity contribution in [3.63, 3.8) is 0 Å². The Morgan fingerprint density at radius 1 is 1.15 bits per heavy atom. The van der Waals surface area contributed by atoms with E-state index in [1.807, 2.05) is 24.3 Å². The molecule has 1 heterocycles. The number of nitrogens with zero attached hydrogens (tertiary/aromatic N) is 2. The van der Waals surface area contributed by atoms with E-state index in [4.69, 9.17) is 14.2 Å².